The van der Waals surface area contributed by atoms with Crippen LogP contribution < -0.4 is 5.32 Å². The van der Waals surface area contributed by atoms with Crippen molar-refractivity contribution in [3.05, 3.63) is 24.0 Å². The van der Waals surface area contributed by atoms with Crippen LogP contribution in [0.5, 0.6) is 0 Å². The summed E-state index contributed by atoms with van der Waals surface area (Å²) in [6.45, 7) is 7.47. The van der Waals surface area contributed by atoms with Crippen molar-refractivity contribution in [3.63, 3.8) is 0 Å². The lowest BCUT2D eigenvalue weighted by Gasteiger charge is -2.20. The van der Waals surface area contributed by atoms with Gasteiger partial charge in [-0.15, -0.1) is 0 Å². The molecule has 0 radical (unpaired) electrons. The van der Waals surface area contributed by atoms with E-state index in [0.29, 0.717) is 0 Å². The summed E-state index contributed by atoms with van der Waals surface area (Å²) in [7, 11) is 0. The third-order valence-electron chi connectivity index (χ3n) is 1.71. The molecular formula is C10H17N3. The fourth-order valence-electron chi connectivity index (χ4n) is 1.05. The SMILES string of the molecule is CC(C)(C)NCCc1ccnnc1. The first-order chi connectivity index (χ1) is 6.08. The summed E-state index contributed by atoms with van der Waals surface area (Å²) in [5, 5.41) is 11.0. The molecule has 0 fully saturated rings. The molecule has 3 nitrogen and oxygen atoms in total. The van der Waals surface area contributed by atoms with Crippen molar-refractivity contribution in [1.29, 1.82) is 0 Å². The van der Waals surface area contributed by atoms with E-state index in [1.807, 2.05) is 12.3 Å². The molecule has 0 amide bonds. The maximum Gasteiger partial charge on any atom is 0.0528 e. The Morgan fingerprint density at radius 2 is 2.08 bits per heavy atom. The van der Waals surface area contributed by atoms with Gasteiger partial charge in [-0.1, -0.05) is 0 Å². The van der Waals surface area contributed by atoms with Crippen molar-refractivity contribution in [2.24, 2.45) is 0 Å². The molecule has 1 N–H and O–H groups in total. The Hall–Kier alpha value is -0.960. The first-order valence-electron chi connectivity index (χ1n) is 4.58. The van der Waals surface area contributed by atoms with Crippen LogP contribution in [-0.2, 0) is 6.42 Å². The second-order valence-electron chi connectivity index (χ2n) is 4.18. The third kappa shape index (κ3) is 4.58. The van der Waals surface area contributed by atoms with Gasteiger partial charge in [0, 0.05) is 11.7 Å². The van der Waals surface area contributed by atoms with Gasteiger partial charge >= 0.3 is 0 Å². The second-order valence-corrected chi connectivity index (χ2v) is 4.18. The van der Waals surface area contributed by atoms with Crippen LogP contribution in [0.3, 0.4) is 0 Å². The minimum absolute atomic E-state index is 0.195. The summed E-state index contributed by atoms with van der Waals surface area (Å²) >= 11 is 0. The highest BCUT2D eigenvalue weighted by Crippen LogP contribution is 1.99. The van der Waals surface area contributed by atoms with Crippen molar-refractivity contribution in [2.75, 3.05) is 6.54 Å². The fraction of sp³-hybridized carbons (Fsp3) is 0.600. The molecule has 0 spiro atoms. The summed E-state index contributed by atoms with van der Waals surface area (Å²) in [6, 6.07) is 2.00. The van der Waals surface area contributed by atoms with Crippen LogP contribution in [0.15, 0.2) is 18.5 Å². The van der Waals surface area contributed by atoms with E-state index in [4.69, 9.17) is 0 Å². The van der Waals surface area contributed by atoms with Crippen LogP contribution in [-0.4, -0.2) is 22.3 Å². The van der Waals surface area contributed by atoms with Crippen molar-refractivity contribution in [3.8, 4) is 0 Å². The molecule has 1 aromatic rings. The van der Waals surface area contributed by atoms with Gasteiger partial charge < -0.3 is 5.32 Å². The molecule has 0 atom stereocenters. The van der Waals surface area contributed by atoms with Crippen molar-refractivity contribution in [2.45, 2.75) is 32.7 Å². The first-order valence-corrected chi connectivity index (χ1v) is 4.58. The molecule has 1 rings (SSSR count). The molecular weight excluding hydrogens is 162 g/mol. The van der Waals surface area contributed by atoms with Crippen LogP contribution in [0, 0.1) is 0 Å². The van der Waals surface area contributed by atoms with E-state index in [9.17, 15) is 0 Å². The fourth-order valence-corrected chi connectivity index (χ4v) is 1.05. The number of nitrogens with zero attached hydrogens (tertiary/aromatic N) is 2. The highest BCUT2D eigenvalue weighted by Gasteiger charge is 2.07. The molecule has 1 aromatic heterocycles. The van der Waals surface area contributed by atoms with Gasteiger partial charge in [0.1, 0.15) is 0 Å². The smallest absolute Gasteiger partial charge is 0.0528 e. The first kappa shape index (κ1) is 10.1. The molecule has 0 aliphatic carbocycles. The molecule has 72 valence electrons. The van der Waals surface area contributed by atoms with E-state index < -0.39 is 0 Å². The van der Waals surface area contributed by atoms with E-state index in [2.05, 4.69) is 36.3 Å². The average Bonchev–Trinajstić information content (AvgIpc) is 2.04. The molecule has 0 aliphatic rings. The molecule has 0 aliphatic heterocycles. The Labute approximate surface area is 79.6 Å². The van der Waals surface area contributed by atoms with Gasteiger partial charge in [-0.2, -0.15) is 10.2 Å². The van der Waals surface area contributed by atoms with Gasteiger partial charge in [0.05, 0.1) is 6.20 Å². The molecule has 0 saturated carbocycles. The van der Waals surface area contributed by atoms with Gasteiger partial charge in [-0.05, 0) is 45.4 Å². The Balaban J connectivity index is 2.29. The average molecular weight is 179 g/mol. The molecule has 13 heavy (non-hydrogen) atoms. The molecule has 3 heteroatoms. The van der Waals surface area contributed by atoms with Gasteiger partial charge in [0.15, 0.2) is 0 Å². The summed E-state index contributed by atoms with van der Waals surface area (Å²) < 4.78 is 0. The van der Waals surface area contributed by atoms with Gasteiger partial charge in [0.25, 0.3) is 0 Å². The lowest BCUT2D eigenvalue weighted by atomic mass is 10.1. The Morgan fingerprint density at radius 1 is 1.31 bits per heavy atom. The van der Waals surface area contributed by atoms with E-state index >= 15 is 0 Å². The lowest BCUT2D eigenvalue weighted by molar-refractivity contribution is 0.429. The lowest BCUT2D eigenvalue weighted by Crippen LogP contribution is -2.37. The molecule has 0 saturated heterocycles. The van der Waals surface area contributed by atoms with E-state index in [1.54, 1.807) is 6.20 Å². The maximum absolute atomic E-state index is 3.82. The van der Waals surface area contributed by atoms with Crippen LogP contribution in [0.2, 0.25) is 0 Å². The van der Waals surface area contributed by atoms with Crippen molar-refractivity contribution >= 4 is 0 Å². The number of hydrogen-bond acceptors (Lipinski definition) is 3. The van der Waals surface area contributed by atoms with Crippen LogP contribution in [0.4, 0.5) is 0 Å². The quantitative estimate of drug-likeness (QED) is 0.762. The normalized spacial score (nSPS) is 11.6. The summed E-state index contributed by atoms with van der Waals surface area (Å²) in [6.07, 6.45) is 4.55. The van der Waals surface area contributed by atoms with E-state index in [0.717, 1.165) is 13.0 Å². The van der Waals surface area contributed by atoms with Crippen molar-refractivity contribution in [1.82, 2.24) is 15.5 Å². The molecule has 0 bridgehead atoms. The zero-order valence-corrected chi connectivity index (χ0v) is 8.54. The van der Waals surface area contributed by atoms with Crippen LogP contribution in [0.1, 0.15) is 26.3 Å². The zero-order chi connectivity index (χ0) is 9.73. The van der Waals surface area contributed by atoms with E-state index in [-0.39, 0.29) is 5.54 Å². The maximum atomic E-state index is 3.82. The van der Waals surface area contributed by atoms with Crippen LogP contribution in [0.25, 0.3) is 0 Å². The second kappa shape index (κ2) is 4.33. The predicted octanol–water partition coefficient (Wildman–Crippen LogP) is 1.41. The van der Waals surface area contributed by atoms with E-state index in [1.165, 1.54) is 5.56 Å². The largest absolute Gasteiger partial charge is 0.312 e. The topological polar surface area (TPSA) is 37.8 Å². The Bertz CT molecular complexity index is 238. The zero-order valence-electron chi connectivity index (χ0n) is 8.54. The number of hydrogen-bond donors (Lipinski definition) is 1. The number of nitrogens with one attached hydrogen (secondary N) is 1. The molecule has 0 unspecified atom stereocenters. The summed E-state index contributed by atoms with van der Waals surface area (Å²) in [5.41, 5.74) is 1.42. The van der Waals surface area contributed by atoms with Crippen LogP contribution >= 0.6 is 0 Å². The highest BCUT2D eigenvalue weighted by molar-refractivity contribution is 5.05. The third-order valence-corrected chi connectivity index (χ3v) is 1.71. The predicted molar refractivity (Wildman–Crippen MR) is 53.5 cm³/mol. The standard InChI is InChI=1S/C10H17N3/c1-10(2,3)11-6-4-9-5-7-12-13-8-9/h5,7-8,11H,4,6H2,1-3H3. The van der Waals surface area contributed by atoms with Gasteiger partial charge in [0.2, 0.25) is 0 Å². The summed E-state index contributed by atoms with van der Waals surface area (Å²) in [4.78, 5) is 0. The van der Waals surface area contributed by atoms with Gasteiger partial charge in [-0.3, -0.25) is 0 Å². The minimum atomic E-state index is 0.195. The summed E-state index contributed by atoms with van der Waals surface area (Å²) in [5.74, 6) is 0. The number of aromatic nitrogens is 2. The molecule has 0 aromatic carbocycles. The monoisotopic (exact) mass is 179 g/mol. The van der Waals surface area contributed by atoms with Gasteiger partial charge in [-0.25, -0.2) is 0 Å². The van der Waals surface area contributed by atoms with Crippen molar-refractivity contribution < 1.29 is 0 Å². The Kier molecular flexibility index (Phi) is 3.37. The molecule has 1 heterocycles. The number of rotatable bonds is 3. The highest BCUT2D eigenvalue weighted by atomic mass is 15.1. The minimum Gasteiger partial charge on any atom is -0.312 e. The Morgan fingerprint density at radius 3 is 2.62 bits per heavy atom.